The largest absolute Gasteiger partial charge is 0.374 e. The summed E-state index contributed by atoms with van der Waals surface area (Å²) < 4.78 is 0.809. The average molecular weight is 378 g/mol. The molecular weight excluding hydrogens is 362 g/mol. The Bertz CT molecular complexity index is 843. The lowest BCUT2D eigenvalue weighted by molar-refractivity contribution is -0.115. The van der Waals surface area contributed by atoms with Crippen LogP contribution in [0.4, 0.5) is 16.0 Å². The van der Waals surface area contributed by atoms with Gasteiger partial charge in [0.05, 0.1) is 11.4 Å². The Labute approximate surface area is 151 Å². The number of rotatable bonds is 5. The van der Waals surface area contributed by atoms with Crippen LogP contribution in [0.5, 0.6) is 0 Å². The Hall–Kier alpha value is -1.97. The molecule has 1 aromatic carbocycles. The summed E-state index contributed by atoms with van der Waals surface area (Å²) in [6.45, 7) is 3.56. The second kappa shape index (κ2) is 7.29. The van der Waals surface area contributed by atoms with Gasteiger partial charge in [-0.1, -0.05) is 40.8 Å². The number of nitrogens with two attached hydrogens (primary N) is 1. The quantitative estimate of drug-likeness (QED) is 0.680. The van der Waals surface area contributed by atoms with Crippen molar-refractivity contribution in [2.45, 2.75) is 23.9 Å². The lowest BCUT2D eigenvalue weighted by Crippen LogP contribution is -2.22. The van der Waals surface area contributed by atoms with Crippen LogP contribution < -0.4 is 10.6 Å². The molecule has 3 rings (SSSR count). The van der Waals surface area contributed by atoms with Crippen LogP contribution in [0.15, 0.2) is 34.0 Å². The maximum absolute atomic E-state index is 12.1. The summed E-state index contributed by atoms with van der Waals surface area (Å²) >= 11 is 4.33. The third-order valence-corrected chi connectivity index (χ3v) is 5.90. The van der Waals surface area contributed by atoms with Gasteiger partial charge in [-0.05, 0) is 19.1 Å². The zero-order valence-electron chi connectivity index (χ0n) is 13.1. The van der Waals surface area contributed by atoms with Gasteiger partial charge in [-0.25, -0.2) is 4.98 Å². The number of aromatic nitrogens is 3. The molecule has 0 fully saturated rings. The highest BCUT2D eigenvalue weighted by molar-refractivity contribution is 8.00. The van der Waals surface area contributed by atoms with E-state index in [-0.39, 0.29) is 5.91 Å². The maximum Gasteiger partial charge on any atom is 0.230 e. The average Bonchev–Trinajstić information content (AvgIpc) is 3.16. The highest BCUT2D eigenvalue weighted by atomic mass is 32.2. The number of hydrogen-bond acceptors (Lipinski definition) is 8. The van der Waals surface area contributed by atoms with Gasteiger partial charge in [0, 0.05) is 18.1 Å². The number of thiazole rings is 1. The summed E-state index contributed by atoms with van der Waals surface area (Å²) in [5.74, 6) is 0.592. The first kappa shape index (κ1) is 16.9. The number of nitrogens with zero attached hydrogens (tertiary/aromatic N) is 4. The minimum Gasteiger partial charge on any atom is -0.374 e. The summed E-state index contributed by atoms with van der Waals surface area (Å²) in [4.78, 5) is 18.3. The highest BCUT2D eigenvalue weighted by Gasteiger charge is 2.18. The van der Waals surface area contributed by atoms with Crippen LogP contribution in [0.2, 0.25) is 0 Å². The third kappa shape index (κ3) is 3.92. The number of nitrogen functional groups attached to an aromatic ring is 1. The van der Waals surface area contributed by atoms with E-state index in [0.717, 1.165) is 21.3 Å². The van der Waals surface area contributed by atoms with Gasteiger partial charge < -0.3 is 5.73 Å². The molecule has 9 heteroatoms. The molecule has 0 atom stereocenters. The van der Waals surface area contributed by atoms with Crippen LogP contribution in [0, 0.1) is 6.92 Å². The van der Waals surface area contributed by atoms with Crippen molar-refractivity contribution in [3.8, 4) is 0 Å². The lowest BCUT2D eigenvalue weighted by atomic mass is 10.2. The minimum absolute atomic E-state index is 0.0655. The SMILES string of the molecule is CC(=O)N(c1ccc(C)cc1)c1nc(CSc2nnc(N)s2)cs1. The van der Waals surface area contributed by atoms with Crippen molar-refractivity contribution in [2.75, 3.05) is 10.6 Å². The van der Waals surface area contributed by atoms with Crippen LogP contribution in [-0.4, -0.2) is 21.1 Å². The predicted octanol–water partition coefficient (Wildman–Crippen LogP) is 3.86. The van der Waals surface area contributed by atoms with E-state index in [2.05, 4.69) is 15.2 Å². The van der Waals surface area contributed by atoms with Gasteiger partial charge in [-0.3, -0.25) is 9.69 Å². The maximum atomic E-state index is 12.1. The molecule has 0 unspecified atom stereocenters. The van der Waals surface area contributed by atoms with Gasteiger partial charge in [-0.2, -0.15) is 0 Å². The number of aryl methyl sites for hydroxylation is 1. The van der Waals surface area contributed by atoms with E-state index in [9.17, 15) is 4.79 Å². The molecule has 1 amide bonds. The summed E-state index contributed by atoms with van der Waals surface area (Å²) in [5.41, 5.74) is 8.44. The van der Waals surface area contributed by atoms with Crippen molar-refractivity contribution in [1.29, 1.82) is 0 Å². The lowest BCUT2D eigenvalue weighted by Gasteiger charge is -2.18. The van der Waals surface area contributed by atoms with Crippen molar-refractivity contribution < 1.29 is 4.79 Å². The number of carbonyl (C=O) groups is 1. The molecule has 3 aromatic rings. The van der Waals surface area contributed by atoms with Gasteiger partial charge in [0.2, 0.25) is 11.0 Å². The molecule has 2 heterocycles. The highest BCUT2D eigenvalue weighted by Crippen LogP contribution is 2.32. The molecule has 0 bridgehead atoms. The molecule has 24 heavy (non-hydrogen) atoms. The number of carbonyl (C=O) groups excluding carboxylic acids is 1. The Morgan fingerprint density at radius 1 is 1.29 bits per heavy atom. The molecule has 0 saturated heterocycles. The van der Waals surface area contributed by atoms with E-state index in [4.69, 9.17) is 5.73 Å². The van der Waals surface area contributed by atoms with Crippen molar-refractivity contribution >= 4 is 56.3 Å². The van der Waals surface area contributed by atoms with Crippen molar-refractivity contribution in [2.24, 2.45) is 0 Å². The molecular formula is C15H15N5OS3. The normalized spacial score (nSPS) is 10.8. The topological polar surface area (TPSA) is 85.0 Å². The first-order chi connectivity index (χ1) is 11.5. The summed E-state index contributed by atoms with van der Waals surface area (Å²) in [7, 11) is 0. The number of hydrogen-bond donors (Lipinski definition) is 1. The van der Waals surface area contributed by atoms with E-state index < -0.39 is 0 Å². The van der Waals surface area contributed by atoms with E-state index >= 15 is 0 Å². The van der Waals surface area contributed by atoms with Crippen LogP contribution in [0.25, 0.3) is 0 Å². The molecule has 124 valence electrons. The van der Waals surface area contributed by atoms with Crippen LogP contribution in [0.3, 0.4) is 0 Å². The zero-order valence-corrected chi connectivity index (χ0v) is 15.5. The Morgan fingerprint density at radius 2 is 2.04 bits per heavy atom. The number of thioether (sulfide) groups is 1. The van der Waals surface area contributed by atoms with E-state index in [1.54, 1.807) is 11.8 Å². The molecule has 0 spiro atoms. The van der Waals surface area contributed by atoms with Crippen molar-refractivity contribution in [1.82, 2.24) is 15.2 Å². The molecule has 0 radical (unpaired) electrons. The van der Waals surface area contributed by atoms with Gasteiger partial charge >= 0.3 is 0 Å². The van der Waals surface area contributed by atoms with E-state index in [1.165, 1.54) is 34.4 Å². The van der Waals surface area contributed by atoms with Crippen LogP contribution in [-0.2, 0) is 10.5 Å². The second-order valence-corrected chi connectivity index (χ2v) is 8.07. The zero-order chi connectivity index (χ0) is 17.1. The van der Waals surface area contributed by atoms with E-state index in [1.807, 2.05) is 36.6 Å². The molecule has 0 saturated carbocycles. The summed E-state index contributed by atoms with van der Waals surface area (Å²) in [5, 5.41) is 10.8. The number of amides is 1. The first-order valence-electron chi connectivity index (χ1n) is 7.06. The van der Waals surface area contributed by atoms with Gasteiger partial charge in [0.25, 0.3) is 0 Å². The van der Waals surface area contributed by atoms with Gasteiger partial charge in [-0.15, -0.1) is 21.5 Å². The molecule has 0 aliphatic heterocycles. The smallest absolute Gasteiger partial charge is 0.230 e. The number of anilines is 3. The molecule has 2 N–H and O–H groups in total. The Balaban J connectivity index is 1.76. The summed E-state index contributed by atoms with van der Waals surface area (Å²) in [6.07, 6.45) is 0. The Morgan fingerprint density at radius 3 is 2.67 bits per heavy atom. The van der Waals surface area contributed by atoms with Crippen molar-refractivity contribution in [3.05, 3.63) is 40.9 Å². The third-order valence-electron chi connectivity index (χ3n) is 3.10. The number of benzene rings is 1. The second-order valence-electron chi connectivity index (χ2n) is 5.01. The summed E-state index contributed by atoms with van der Waals surface area (Å²) in [6, 6.07) is 7.82. The molecule has 6 nitrogen and oxygen atoms in total. The van der Waals surface area contributed by atoms with E-state index in [0.29, 0.717) is 16.0 Å². The van der Waals surface area contributed by atoms with Crippen LogP contribution in [0.1, 0.15) is 18.2 Å². The molecule has 2 aromatic heterocycles. The fourth-order valence-electron chi connectivity index (χ4n) is 2.00. The molecule has 0 aliphatic rings. The monoisotopic (exact) mass is 377 g/mol. The fraction of sp³-hybridized carbons (Fsp3) is 0.200. The fourth-order valence-corrected chi connectivity index (χ4v) is 4.52. The minimum atomic E-state index is -0.0655. The van der Waals surface area contributed by atoms with Gasteiger partial charge in [0.1, 0.15) is 0 Å². The predicted molar refractivity (Wildman–Crippen MR) is 100.0 cm³/mol. The standard InChI is InChI=1S/C15H15N5OS3/c1-9-3-5-12(6-4-9)20(10(2)21)14-17-11(7-22-14)8-23-15-19-18-13(16)24-15/h3-7H,8H2,1-2H3,(H2,16,18). The van der Waals surface area contributed by atoms with Gasteiger partial charge in [0.15, 0.2) is 9.47 Å². The first-order valence-corrected chi connectivity index (χ1v) is 9.74. The molecule has 0 aliphatic carbocycles. The van der Waals surface area contributed by atoms with Crippen molar-refractivity contribution in [3.63, 3.8) is 0 Å². The van der Waals surface area contributed by atoms with Crippen LogP contribution >= 0.6 is 34.4 Å². The Kier molecular flexibility index (Phi) is 5.12.